The molecule has 0 bridgehead atoms. The summed E-state index contributed by atoms with van der Waals surface area (Å²) >= 11 is 14.0. The molecule has 3 N–H and O–H groups in total. The highest BCUT2D eigenvalue weighted by Gasteiger charge is 2.23. The zero-order valence-electron chi connectivity index (χ0n) is 20.6. The Morgan fingerprint density at radius 2 is 1.86 bits per heavy atom. The number of aliphatic hydroxyl groups excluding tert-OH is 1. The van der Waals surface area contributed by atoms with Gasteiger partial charge in [-0.05, 0) is 86.3 Å². The minimum atomic E-state index is -0.567. The molecule has 2 aromatic heterocycles. The Labute approximate surface area is 237 Å². The molecule has 1 atom stereocenters. The second-order valence-corrected chi connectivity index (χ2v) is 11.1. The van der Waals surface area contributed by atoms with Gasteiger partial charge >= 0.3 is 0 Å². The Morgan fingerprint density at radius 3 is 2.57 bits per heavy atom. The maximum atomic E-state index is 10.7. The molecule has 3 heterocycles. The van der Waals surface area contributed by atoms with Crippen molar-refractivity contribution in [1.82, 2.24) is 4.90 Å². The number of ether oxygens (including phenoxy) is 1. The molecule has 1 aliphatic heterocycles. The summed E-state index contributed by atoms with van der Waals surface area (Å²) in [6.45, 7) is 4.86. The monoisotopic (exact) mass is 583 g/mol. The van der Waals surface area contributed by atoms with Crippen LogP contribution in [0, 0.1) is 0 Å². The van der Waals surface area contributed by atoms with Crippen LogP contribution in [0.1, 0.15) is 36.1 Å². The van der Waals surface area contributed by atoms with Gasteiger partial charge in [-0.1, -0.05) is 42.3 Å². The predicted molar refractivity (Wildman–Crippen MR) is 156 cm³/mol. The van der Waals surface area contributed by atoms with E-state index in [1.807, 2.05) is 36.4 Å². The number of nitrogens with zero attached hydrogens (tertiary/aromatic N) is 1. The van der Waals surface area contributed by atoms with Crippen molar-refractivity contribution in [2.75, 3.05) is 26.2 Å². The van der Waals surface area contributed by atoms with Gasteiger partial charge in [-0.25, -0.2) is 0 Å². The standard InChI is InChI=1S/C28H29Cl2NO3S.ClH.H2O/c1-2-21-7-9-28(35-21)27-15-22-25(4-3-5-26(22)34-27)33-17-20(32)16-31-12-10-18(11-13-31)19-6-8-23(29)24(30)14-19;;/h3-9,14-15,18,20,32H,2,10-13,16-17H2,1H3;1H;1H2/t20-;;/m0../s1. The maximum Gasteiger partial charge on any atom is 0.145 e. The van der Waals surface area contributed by atoms with Crippen LogP contribution in [0.4, 0.5) is 0 Å². The fourth-order valence-electron chi connectivity index (χ4n) is 4.73. The quantitative estimate of drug-likeness (QED) is 0.237. The minimum Gasteiger partial charge on any atom is -0.490 e. The third-order valence-corrected chi connectivity index (χ3v) is 8.66. The highest BCUT2D eigenvalue weighted by Crippen LogP contribution is 2.37. The van der Waals surface area contributed by atoms with Crippen molar-refractivity contribution in [3.05, 3.63) is 75.1 Å². The van der Waals surface area contributed by atoms with E-state index in [-0.39, 0.29) is 24.5 Å². The van der Waals surface area contributed by atoms with E-state index >= 15 is 0 Å². The lowest BCUT2D eigenvalue weighted by Gasteiger charge is -2.33. The van der Waals surface area contributed by atoms with Gasteiger partial charge in [0.1, 0.15) is 29.8 Å². The summed E-state index contributed by atoms with van der Waals surface area (Å²) < 4.78 is 12.1. The fraction of sp³-hybridized carbons (Fsp3) is 0.357. The number of aliphatic hydroxyl groups is 1. The summed E-state index contributed by atoms with van der Waals surface area (Å²) in [7, 11) is 0. The summed E-state index contributed by atoms with van der Waals surface area (Å²) in [5.74, 6) is 2.06. The molecule has 0 radical (unpaired) electrons. The number of rotatable bonds is 8. The van der Waals surface area contributed by atoms with Crippen LogP contribution >= 0.6 is 46.9 Å². The normalized spacial score (nSPS) is 15.2. The first-order chi connectivity index (χ1) is 17.0. The van der Waals surface area contributed by atoms with Crippen LogP contribution in [0.5, 0.6) is 5.75 Å². The van der Waals surface area contributed by atoms with Crippen LogP contribution in [0.25, 0.3) is 21.6 Å². The third-order valence-electron chi connectivity index (χ3n) is 6.68. The summed E-state index contributed by atoms with van der Waals surface area (Å²) in [6.07, 6.45) is 2.52. The van der Waals surface area contributed by atoms with Crippen LogP contribution in [0.15, 0.2) is 59.0 Å². The number of furan rings is 1. The Hall–Kier alpha value is -1.77. The largest absolute Gasteiger partial charge is 0.490 e. The van der Waals surface area contributed by atoms with Gasteiger partial charge in [0.25, 0.3) is 0 Å². The van der Waals surface area contributed by atoms with Crippen molar-refractivity contribution in [2.45, 2.75) is 38.2 Å². The van der Waals surface area contributed by atoms with E-state index in [0.29, 0.717) is 22.5 Å². The van der Waals surface area contributed by atoms with Crippen LogP contribution in [0.2, 0.25) is 10.0 Å². The topological polar surface area (TPSA) is 77.3 Å². The Bertz CT molecular complexity index is 1300. The molecule has 9 heteroatoms. The molecule has 1 saturated heterocycles. The number of thiophene rings is 1. The number of benzene rings is 2. The highest BCUT2D eigenvalue weighted by atomic mass is 35.5. The lowest BCUT2D eigenvalue weighted by molar-refractivity contribution is 0.0599. The second-order valence-electron chi connectivity index (χ2n) is 9.11. The molecule has 0 saturated carbocycles. The Balaban J connectivity index is 0.00000190. The van der Waals surface area contributed by atoms with Crippen molar-refractivity contribution >= 4 is 57.9 Å². The van der Waals surface area contributed by atoms with E-state index in [2.05, 4.69) is 30.0 Å². The highest BCUT2D eigenvalue weighted by molar-refractivity contribution is 7.15. The Kier molecular flexibility index (Phi) is 10.7. The zero-order valence-corrected chi connectivity index (χ0v) is 23.7. The number of aryl methyl sites for hydroxylation is 1. The second kappa shape index (κ2) is 13.3. The van der Waals surface area contributed by atoms with Gasteiger partial charge in [0.15, 0.2) is 0 Å². The zero-order chi connectivity index (χ0) is 24.4. The van der Waals surface area contributed by atoms with Gasteiger partial charge in [-0.15, -0.1) is 23.7 Å². The average molecular weight is 585 g/mol. The van der Waals surface area contributed by atoms with Crippen molar-refractivity contribution in [2.24, 2.45) is 0 Å². The van der Waals surface area contributed by atoms with E-state index < -0.39 is 6.10 Å². The molecule has 37 heavy (non-hydrogen) atoms. The molecule has 2 aromatic carbocycles. The van der Waals surface area contributed by atoms with E-state index in [9.17, 15) is 5.11 Å². The molecule has 4 aromatic rings. The number of fused-ring (bicyclic) bond motifs is 1. The first-order valence-electron chi connectivity index (χ1n) is 12.1. The van der Waals surface area contributed by atoms with Crippen molar-refractivity contribution < 1.29 is 19.7 Å². The smallest absolute Gasteiger partial charge is 0.145 e. The molecular weight excluding hydrogens is 553 g/mol. The van der Waals surface area contributed by atoms with Crippen molar-refractivity contribution in [3.63, 3.8) is 0 Å². The molecule has 5 nitrogen and oxygen atoms in total. The summed E-state index contributed by atoms with van der Waals surface area (Å²) in [5, 5.41) is 12.8. The number of piperidine rings is 1. The summed E-state index contributed by atoms with van der Waals surface area (Å²) in [6, 6.07) is 18.0. The van der Waals surface area contributed by atoms with Gasteiger partial charge in [0.2, 0.25) is 0 Å². The van der Waals surface area contributed by atoms with Crippen LogP contribution < -0.4 is 4.74 Å². The minimum absolute atomic E-state index is 0. The van der Waals surface area contributed by atoms with Crippen LogP contribution in [0.3, 0.4) is 0 Å². The summed E-state index contributed by atoms with van der Waals surface area (Å²) in [5.41, 5.74) is 2.03. The van der Waals surface area contributed by atoms with Gasteiger partial charge in [-0.2, -0.15) is 0 Å². The molecule has 1 aliphatic rings. The van der Waals surface area contributed by atoms with Gasteiger partial charge in [0.05, 0.1) is 20.3 Å². The number of hydrogen-bond donors (Lipinski definition) is 1. The summed E-state index contributed by atoms with van der Waals surface area (Å²) in [4.78, 5) is 4.76. The number of likely N-dealkylation sites (tertiary alicyclic amines) is 1. The molecule has 0 aliphatic carbocycles. The molecule has 0 spiro atoms. The molecule has 0 amide bonds. The van der Waals surface area contributed by atoms with Gasteiger partial charge < -0.3 is 24.6 Å². The predicted octanol–water partition coefficient (Wildman–Crippen LogP) is 7.25. The first kappa shape index (κ1) is 29.8. The fourth-order valence-corrected chi connectivity index (χ4v) is 5.94. The van der Waals surface area contributed by atoms with Crippen LogP contribution in [-0.2, 0) is 6.42 Å². The number of halogens is 3. The third kappa shape index (κ3) is 7.01. The molecule has 1 fully saturated rings. The average Bonchev–Trinajstić information content (AvgIpc) is 3.52. The van der Waals surface area contributed by atoms with E-state index in [1.54, 1.807) is 11.3 Å². The number of hydrogen-bond acceptors (Lipinski definition) is 5. The van der Waals surface area contributed by atoms with E-state index in [0.717, 1.165) is 59.7 Å². The molecule has 200 valence electrons. The number of β-amino-alcohol motifs (C(OH)–C–C–N with tert-alkyl or cyclic N) is 1. The SMILES string of the molecule is CCc1ccc(-c2cc3c(OC[C@@H](O)CN4CCC(c5ccc(Cl)c(Cl)c5)CC4)cccc3o2)s1.Cl.O. The first-order valence-corrected chi connectivity index (χ1v) is 13.7. The molecular formula is C28H32Cl3NO4S. The van der Waals surface area contributed by atoms with Gasteiger partial charge in [-0.3, -0.25) is 0 Å². The lowest BCUT2D eigenvalue weighted by Crippen LogP contribution is -2.40. The maximum absolute atomic E-state index is 10.7. The molecule has 0 unspecified atom stereocenters. The van der Waals surface area contributed by atoms with Gasteiger partial charge in [0, 0.05) is 11.4 Å². The lowest BCUT2D eigenvalue weighted by atomic mass is 9.89. The van der Waals surface area contributed by atoms with Crippen LogP contribution in [-0.4, -0.2) is 47.8 Å². The van der Waals surface area contributed by atoms with Crippen molar-refractivity contribution in [1.29, 1.82) is 0 Å². The van der Waals surface area contributed by atoms with E-state index in [1.165, 1.54) is 10.4 Å². The Morgan fingerprint density at radius 1 is 1.08 bits per heavy atom. The van der Waals surface area contributed by atoms with E-state index in [4.69, 9.17) is 32.4 Å². The molecule has 5 rings (SSSR count). The van der Waals surface area contributed by atoms with Crippen molar-refractivity contribution in [3.8, 4) is 16.4 Å².